The van der Waals surface area contributed by atoms with Crippen molar-refractivity contribution in [3.8, 4) is 23.8 Å². The quantitative estimate of drug-likeness (QED) is 0.239. The third-order valence-electron chi connectivity index (χ3n) is 8.85. The zero-order valence-corrected chi connectivity index (χ0v) is 24.0. The number of rotatable bonds is 7. The van der Waals surface area contributed by atoms with Gasteiger partial charge in [-0.05, 0) is 110 Å². The van der Waals surface area contributed by atoms with Crippen molar-refractivity contribution in [2.75, 3.05) is 18.1 Å². The molecule has 0 atom stereocenters. The molecule has 2 aromatic rings. The summed E-state index contributed by atoms with van der Waals surface area (Å²) in [5, 5.41) is 2.32. The van der Waals surface area contributed by atoms with E-state index >= 15 is 0 Å². The normalized spacial score (nSPS) is 28.0. The minimum absolute atomic E-state index is 0.0621. The van der Waals surface area contributed by atoms with Gasteiger partial charge >= 0.3 is 6.03 Å². The maximum atomic E-state index is 13.6. The van der Waals surface area contributed by atoms with Gasteiger partial charge in [-0.1, -0.05) is 34.0 Å². The molecule has 7 nitrogen and oxygen atoms in total. The first-order valence-corrected chi connectivity index (χ1v) is 14.6. The van der Waals surface area contributed by atoms with Crippen LogP contribution in [-0.2, 0) is 15.0 Å². The van der Waals surface area contributed by atoms with Gasteiger partial charge in [0.1, 0.15) is 12.2 Å². The van der Waals surface area contributed by atoms with Crippen LogP contribution in [0.25, 0.3) is 6.08 Å². The first-order valence-electron chi connectivity index (χ1n) is 13.8. The number of anilines is 1. The van der Waals surface area contributed by atoms with Crippen LogP contribution >= 0.6 is 15.9 Å². The Morgan fingerprint density at radius 1 is 1.02 bits per heavy atom. The zero-order chi connectivity index (χ0) is 28.0. The number of imide groups is 2. The number of hydrogen-bond acceptors (Lipinski definition) is 5. The van der Waals surface area contributed by atoms with Gasteiger partial charge in [-0.2, -0.15) is 0 Å². The number of nitrogens with zero attached hydrogens (tertiary/aromatic N) is 1. The predicted octanol–water partition coefficient (Wildman–Crippen LogP) is 5.99. The van der Waals surface area contributed by atoms with E-state index in [1.165, 1.54) is 50.2 Å². The molecule has 4 bridgehead atoms. The lowest BCUT2D eigenvalue weighted by Crippen LogP contribution is -2.54. The van der Waals surface area contributed by atoms with Crippen LogP contribution in [0.1, 0.15) is 56.6 Å². The van der Waals surface area contributed by atoms with Crippen molar-refractivity contribution in [3.63, 3.8) is 0 Å². The molecule has 1 heterocycles. The Hall–Kier alpha value is -3.57. The Kier molecular flexibility index (Phi) is 6.95. The minimum atomic E-state index is -0.762. The Balaban J connectivity index is 1.29. The summed E-state index contributed by atoms with van der Waals surface area (Å²) in [5.41, 5.74) is 2.29. The fourth-order valence-electron chi connectivity index (χ4n) is 7.64. The van der Waals surface area contributed by atoms with Gasteiger partial charge in [0.25, 0.3) is 11.8 Å². The number of benzene rings is 2. The highest BCUT2D eigenvalue weighted by Gasteiger charge is 2.51. The summed E-state index contributed by atoms with van der Waals surface area (Å²) in [7, 11) is 0. The summed E-state index contributed by atoms with van der Waals surface area (Å²) >= 11 is 3.48. The second kappa shape index (κ2) is 10.4. The summed E-state index contributed by atoms with van der Waals surface area (Å²) in [6.07, 6.45) is 14.6. The summed E-state index contributed by atoms with van der Waals surface area (Å²) in [4.78, 5) is 40.3. The number of hydrogen-bond donors (Lipinski definition) is 1. The van der Waals surface area contributed by atoms with E-state index in [0.29, 0.717) is 33.8 Å². The van der Waals surface area contributed by atoms with Gasteiger partial charge < -0.3 is 9.47 Å². The molecule has 8 heteroatoms. The predicted molar refractivity (Wildman–Crippen MR) is 155 cm³/mol. The average Bonchev–Trinajstić information content (AvgIpc) is 2.91. The van der Waals surface area contributed by atoms with Crippen LogP contribution in [0, 0.1) is 30.1 Å². The van der Waals surface area contributed by atoms with Crippen LogP contribution in [-0.4, -0.2) is 31.1 Å². The minimum Gasteiger partial charge on any atom is -0.490 e. The average molecular weight is 604 g/mol. The molecule has 0 unspecified atom stereocenters. The number of terminal acetylenes is 1. The monoisotopic (exact) mass is 602 g/mol. The van der Waals surface area contributed by atoms with Crippen LogP contribution in [0.3, 0.4) is 0 Å². The van der Waals surface area contributed by atoms with E-state index in [9.17, 15) is 14.4 Å². The van der Waals surface area contributed by atoms with Crippen molar-refractivity contribution in [2.45, 2.75) is 50.9 Å². The van der Waals surface area contributed by atoms with Gasteiger partial charge in [0.2, 0.25) is 0 Å². The fraction of sp³-hybridized carbons (Fsp3) is 0.406. The third-order valence-corrected chi connectivity index (χ3v) is 9.54. The number of urea groups is 1. The molecule has 4 amide bonds. The van der Waals surface area contributed by atoms with Crippen LogP contribution in [0.5, 0.6) is 11.5 Å². The SMILES string of the molecule is C#CCOc1cc(Br)c(/C=C2\C(=O)NC(=O)N(c3ccc(C45CC6CC(CC(C6)C4)C5)cc3)C2=O)cc1OCC. The molecule has 0 radical (unpaired) electrons. The van der Waals surface area contributed by atoms with Crippen LogP contribution < -0.4 is 19.7 Å². The van der Waals surface area contributed by atoms with Crippen molar-refractivity contribution < 1.29 is 23.9 Å². The number of halogens is 1. The summed E-state index contributed by atoms with van der Waals surface area (Å²) in [6, 6.07) is 10.4. The highest BCUT2D eigenvalue weighted by atomic mass is 79.9. The molecule has 7 rings (SSSR count). The Labute approximate surface area is 242 Å². The van der Waals surface area contributed by atoms with E-state index < -0.39 is 17.8 Å². The maximum absolute atomic E-state index is 13.6. The Morgan fingerprint density at radius 2 is 1.65 bits per heavy atom. The highest BCUT2D eigenvalue weighted by molar-refractivity contribution is 9.10. The fourth-order valence-corrected chi connectivity index (χ4v) is 8.07. The number of amides is 4. The second-order valence-corrected chi connectivity index (χ2v) is 12.3. The maximum Gasteiger partial charge on any atom is 0.335 e. The number of nitrogens with one attached hydrogen (secondary N) is 1. The Bertz CT molecular complexity index is 1420. The van der Waals surface area contributed by atoms with Gasteiger partial charge in [-0.3, -0.25) is 14.9 Å². The molecule has 40 heavy (non-hydrogen) atoms. The number of carbonyl (C=O) groups excluding carboxylic acids is 3. The third kappa shape index (κ3) is 4.71. The molecule has 0 aromatic heterocycles. The summed E-state index contributed by atoms with van der Waals surface area (Å²) < 4.78 is 11.8. The Morgan fingerprint density at radius 3 is 2.25 bits per heavy atom. The van der Waals surface area contributed by atoms with E-state index in [4.69, 9.17) is 15.9 Å². The number of ether oxygens (including phenoxy) is 2. The van der Waals surface area contributed by atoms with Crippen molar-refractivity contribution in [1.29, 1.82) is 0 Å². The number of carbonyl (C=O) groups is 3. The van der Waals surface area contributed by atoms with Gasteiger partial charge in [0.05, 0.1) is 12.3 Å². The molecule has 1 N–H and O–H groups in total. The first-order chi connectivity index (χ1) is 19.3. The van der Waals surface area contributed by atoms with E-state index in [1.54, 1.807) is 12.1 Å². The molecule has 4 saturated carbocycles. The van der Waals surface area contributed by atoms with Crippen molar-refractivity contribution in [2.24, 2.45) is 17.8 Å². The second-order valence-electron chi connectivity index (χ2n) is 11.4. The lowest BCUT2D eigenvalue weighted by Gasteiger charge is -2.57. The lowest BCUT2D eigenvalue weighted by atomic mass is 9.48. The van der Waals surface area contributed by atoms with Gasteiger partial charge in [-0.15, -0.1) is 6.42 Å². The molecule has 0 spiro atoms. The summed E-state index contributed by atoms with van der Waals surface area (Å²) in [5.74, 6) is 4.29. The van der Waals surface area contributed by atoms with E-state index in [0.717, 1.165) is 22.7 Å². The number of barbiturate groups is 1. The largest absolute Gasteiger partial charge is 0.490 e. The van der Waals surface area contributed by atoms with E-state index in [2.05, 4.69) is 39.3 Å². The molecular formula is C32H31BrN2O5. The van der Waals surface area contributed by atoms with Crippen molar-refractivity contribution >= 4 is 45.5 Å². The van der Waals surface area contributed by atoms with Gasteiger partial charge in [0.15, 0.2) is 11.5 Å². The molecule has 1 saturated heterocycles. The van der Waals surface area contributed by atoms with Crippen LogP contribution in [0.2, 0.25) is 0 Å². The smallest absolute Gasteiger partial charge is 0.335 e. The van der Waals surface area contributed by atoms with Crippen molar-refractivity contribution in [3.05, 3.63) is 57.6 Å². The van der Waals surface area contributed by atoms with Crippen LogP contribution in [0.4, 0.5) is 10.5 Å². The van der Waals surface area contributed by atoms with Crippen molar-refractivity contribution in [1.82, 2.24) is 5.32 Å². The van der Waals surface area contributed by atoms with Crippen LogP contribution in [0.15, 0.2) is 46.4 Å². The molecule has 1 aliphatic heterocycles. The van der Waals surface area contributed by atoms with Gasteiger partial charge in [-0.25, -0.2) is 9.69 Å². The molecule has 206 valence electrons. The zero-order valence-electron chi connectivity index (χ0n) is 22.4. The molecule has 4 aliphatic carbocycles. The molecule has 2 aromatic carbocycles. The standard InChI is InChI=1S/C32H31BrN2O5/c1-3-9-40-28-15-26(33)22(14-27(28)39-4-2)13-25-29(36)34-31(38)35(30(25)37)24-7-5-23(6-8-24)32-16-19-10-20(17-32)12-21(11-19)18-32/h1,5-8,13-15,19-21H,4,9-12,16-18H2,2H3,(H,34,36,38)/b25-13+. The first kappa shape index (κ1) is 26.6. The van der Waals surface area contributed by atoms with Gasteiger partial charge in [0, 0.05) is 4.47 Å². The summed E-state index contributed by atoms with van der Waals surface area (Å²) in [6.45, 7) is 2.28. The van der Waals surface area contributed by atoms with E-state index in [-0.39, 0.29) is 17.6 Å². The molecule has 5 fully saturated rings. The highest BCUT2D eigenvalue weighted by Crippen LogP contribution is 2.60. The lowest BCUT2D eigenvalue weighted by molar-refractivity contribution is -0.122. The molecule has 5 aliphatic rings. The topological polar surface area (TPSA) is 84.9 Å². The molecular weight excluding hydrogens is 572 g/mol. The van der Waals surface area contributed by atoms with E-state index in [1.807, 2.05) is 19.1 Å².